The van der Waals surface area contributed by atoms with E-state index in [-0.39, 0.29) is 6.61 Å². The molecule has 0 bridgehead atoms. The standard InChI is InChI=1S/C15H21NO4S/c1-2-9-21-10-8-13(14(17)18)16-15(19)20-11-12-6-4-3-5-7-12/h3-7,13H,2,8-11H2,1H3,(H,16,19)(H,17,18). The van der Waals surface area contributed by atoms with Crippen LogP contribution >= 0.6 is 11.8 Å². The second kappa shape index (κ2) is 10.1. The number of carboxylic acid groups (broad SMARTS) is 1. The van der Waals surface area contributed by atoms with Crippen molar-refractivity contribution in [3.8, 4) is 0 Å². The number of carboxylic acids is 1. The number of nitrogens with one attached hydrogen (secondary N) is 1. The number of hydrogen-bond donors (Lipinski definition) is 2. The number of rotatable bonds is 9. The first kappa shape index (κ1) is 17.4. The van der Waals surface area contributed by atoms with Crippen molar-refractivity contribution >= 4 is 23.8 Å². The van der Waals surface area contributed by atoms with Gasteiger partial charge >= 0.3 is 12.1 Å². The van der Waals surface area contributed by atoms with Gasteiger partial charge in [0.2, 0.25) is 0 Å². The quantitative estimate of drug-likeness (QED) is 0.686. The Kier molecular flexibility index (Phi) is 8.35. The molecular weight excluding hydrogens is 290 g/mol. The molecule has 1 amide bonds. The molecule has 0 saturated heterocycles. The molecule has 1 aromatic carbocycles. The third-order valence-corrected chi connectivity index (χ3v) is 3.92. The Balaban J connectivity index is 2.33. The lowest BCUT2D eigenvalue weighted by molar-refractivity contribution is -0.139. The zero-order chi connectivity index (χ0) is 15.5. The minimum Gasteiger partial charge on any atom is -0.480 e. The summed E-state index contributed by atoms with van der Waals surface area (Å²) < 4.78 is 5.02. The second-order valence-electron chi connectivity index (χ2n) is 4.50. The molecule has 116 valence electrons. The van der Waals surface area contributed by atoms with Crippen LogP contribution in [0.5, 0.6) is 0 Å². The van der Waals surface area contributed by atoms with Gasteiger partial charge in [-0.05, 0) is 29.9 Å². The summed E-state index contributed by atoms with van der Waals surface area (Å²) in [5.41, 5.74) is 0.859. The highest BCUT2D eigenvalue weighted by Crippen LogP contribution is 2.07. The van der Waals surface area contributed by atoms with E-state index in [4.69, 9.17) is 9.84 Å². The van der Waals surface area contributed by atoms with Crippen molar-refractivity contribution in [1.82, 2.24) is 5.32 Å². The van der Waals surface area contributed by atoms with Crippen molar-refractivity contribution in [2.24, 2.45) is 0 Å². The van der Waals surface area contributed by atoms with E-state index in [1.165, 1.54) is 0 Å². The van der Waals surface area contributed by atoms with E-state index in [9.17, 15) is 9.59 Å². The van der Waals surface area contributed by atoms with Crippen molar-refractivity contribution in [2.75, 3.05) is 11.5 Å². The first-order valence-electron chi connectivity index (χ1n) is 6.91. The van der Waals surface area contributed by atoms with Crippen LogP contribution in [0.15, 0.2) is 30.3 Å². The fourth-order valence-electron chi connectivity index (χ4n) is 1.61. The Morgan fingerprint density at radius 2 is 2.00 bits per heavy atom. The zero-order valence-electron chi connectivity index (χ0n) is 12.1. The lowest BCUT2D eigenvalue weighted by Crippen LogP contribution is -2.41. The van der Waals surface area contributed by atoms with Gasteiger partial charge in [-0.25, -0.2) is 9.59 Å². The minimum absolute atomic E-state index is 0.129. The Bertz CT molecular complexity index is 439. The van der Waals surface area contributed by atoms with Gasteiger partial charge in [-0.1, -0.05) is 37.3 Å². The maximum Gasteiger partial charge on any atom is 0.408 e. The van der Waals surface area contributed by atoms with Gasteiger partial charge in [0.25, 0.3) is 0 Å². The maximum absolute atomic E-state index is 11.6. The topological polar surface area (TPSA) is 75.6 Å². The van der Waals surface area contributed by atoms with Crippen LogP contribution in [0, 0.1) is 0 Å². The predicted octanol–water partition coefficient (Wildman–Crippen LogP) is 2.90. The van der Waals surface area contributed by atoms with Crippen LogP contribution in [0.3, 0.4) is 0 Å². The average Bonchev–Trinajstić information content (AvgIpc) is 2.49. The molecule has 5 nitrogen and oxygen atoms in total. The van der Waals surface area contributed by atoms with E-state index >= 15 is 0 Å². The molecule has 2 N–H and O–H groups in total. The third kappa shape index (κ3) is 7.60. The van der Waals surface area contributed by atoms with Gasteiger partial charge in [-0.2, -0.15) is 11.8 Å². The van der Waals surface area contributed by atoms with Crippen LogP contribution in [0.1, 0.15) is 25.3 Å². The lowest BCUT2D eigenvalue weighted by atomic mass is 10.2. The highest BCUT2D eigenvalue weighted by molar-refractivity contribution is 7.99. The van der Waals surface area contributed by atoms with Gasteiger partial charge in [-0.3, -0.25) is 0 Å². The third-order valence-electron chi connectivity index (χ3n) is 2.70. The molecule has 1 rings (SSSR count). The van der Waals surface area contributed by atoms with E-state index in [1.54, 1.807) is 11.8 Å². The lowest BCUT2D eigenvalue weighted by Gasteiger charge is -2.14. The van der Waals surface area contributed by atoms with E-state index < -0.39 is 18.1 Å². The van der Waals surface area contributed by atoms with Gasteiger partial charge in [-0.15, -0.1) is 0 Å². The molecule has 21 heavy (non-hydrogen) atoms. The van der Waals surface area contributed by atoms with E-state index in [0.717, 1.165) is 17.7 Å². The smallest absolute Gasteiger partial charge is 0.408 e. The summed E-state index contributed by atoms with van der Waals surface area (Å²) in [5.74, 6) is 0.651. The first-order chi connectivity index (χ1) is 10.1. The molecule has 6 heteroatoms. The first-order valence-corrected chi connectivity index (χ1v) is 8.06. The number of carbonyl (C=O) groups excluding carboxylic acids is 1. The predicted molar refractivity (Wildman–Crippen MR) is 83.4 cm³/mol. The molecule has 0 aliphatic rings. The SMILES string of the molecule is CCCSCCC(NC(=O)OCc1ccccc1)C(=O)O. The largest absolute Gasteiger partial charge is 0.480 e. The summed E-state index contributed by atoms with van der Waals surface area (Å²) in [6, 6.07) is 8.34. The van der Waals surface area contributed by atoms with Crippen molar-refractivity contribution < 1.29 is 19.4 Å². The molecular formula is C15H21NO4S. The fraction of sp³-hybridized carbons (Fsp3) is 0.467. The number of hydrogen-bond acceptors (Lipinski definition) is 4. The van der Waals surface area contributed by atoms with Crippen molar-refractivity contribution in [3.63, 3.8) is 0 Å². The molecule has 0 aromatic heterocycles. The number of alkyl carbamates (subject to hydrolysis) is 1. The van der Waals surface area contributed by atoms with Crippen molar-refractivity contribution in [1.29, 1.82) is 0 Å². The summed E-state index contributed by atoms with van der Waals surface area (Å²) in [6.07, 6.45) is 0.738. The van der Waals surface area contributed by atoms with E-state index in [2.05, 4.69) is 12.2 Å². The summed E-state index contributed by atoms with van der Waals surface area (Å²) in [6.45, 7) is 2.20. The molecule has 0 aliphatic heterocycles. The number of aliphatic carboxylic acids is 1. The van der Waals surface area contributed by atoms with Gasteiger partial charge < -0.3 is 15.2 Å². The van der Waals surface area contributed by atoms with Crippen LogP contribution < -0.4 is 5.32 Å². The number of benzene rings is 1. The molecule has 0 heterocycles. The molecule has 0 saturated carbocycles. The van der Waals surface area contributed by atoms with E-state index in [1.807, 2.05) is 30.3 Å². The number of amides is 1. The number of thioether (sulfide) groups is 1. The van der Waals surface area contributed by atoms with Gasteiger partial charge in [0, 0.05) is 0 Å². The monoisotopic (exact) mass is 311 g/mol. The van der Waals surface area contributed by atoms with Gasteiger partial charge in [0.15, 0.2) is 0 Å². The molecule has 0 radical (unpaired) electrons. The van der Waals surface area contributed by atoms with Crippen LogP contribution in [0.2, 0.25) is 0 Å². The molecule has 0 spiro atoms. The molecule has 1 unspecified atom stereocenters. The molecule has 0 aliphatic carbocycles. The van der Waals surface area contributed by atoms with E-state index in [0.29, 0.717) is 12.2 Å². The Morgan fingerprint density at radius 1 is 1.29 bits per heavy atom. The van der Waals surface area contributed by atoms with Crippen LogP contribution in [0.4, 0.5) is 4.79 Å². The Hall–Kier alpha value is -1.69. The highest BCUT2D eigenvalue weighted by Gasteiger charge is 2.20. The summed E-state index contributed by atoms with van der Waals surface area (Å²) in [4.78, 5) is 22.7. The summed E-state index contributed by atoms with van der Waals surface area (Å²) in [7, 11) is 0. The van der Waals surface area contributed by atoms with Gasteiger partial charge in [0.1, 0.15) is 12.6 Å². The Morgan fingerprint density at radius 3 is 2.62 bits per heavy atom. The minimum atomic E-state index is -1.04. The van der Waals surface area contributed by atoms with Crippen molar-refractivity contribution in [3.05, 3.63) is 35.9 Å². The number of carbonyl (C=O) groups is 2. The molecule has 0 fully saturated rings. The van der Waals surface area contributed by atoms with Crippen LogP contribution in [0.25, 0.3) is 0 Å². The number of ether oxygens (including phenoxy) is 1. The summed E-state index contributed by atoms with van der Waals surface area (Å²) in [5, 5.41) is 11.5. The Labute approximate surface area is 129 Å². The maximum atomic E-state index is 11.6. The zero-order valence-corrected chi connectivity index (χ0v) is 12.9. The van der Waals surface area contributed by atoms with Crippen LogP contribution in [-0.2, 0) is 16.1 Å². The van der Waals surface area contributed by atoms with Crippen LogP contribution in [-0.4, -0.2) is 34.7 Å². The molecule has 1 atom stereocenters. The highest BCUT2D eigenvalue weighted by atomic mass is 32.2. The van der Waals surface area contributed by atoms with Crippen molar-refractivity contribution in [2.45, 2.75) is 32.4 Å². The molecule has 1 aromatic rings. The normalized spacial score (nSPS) is 11.7. The summed E-state index contributed by atoms with van der Waals surface area (Å²) >= 11 is 1.68. The average molecular weight is 311 g/mol. The van der Waals surface area contributed by atoms with Gasteiger partial charge in [0.05, 0.1) is 0 Å². The fourth-order valence-corrected chi connectivity index (χ4v) is 2.51. The second-order valence-corrected chi connectivity index (χ2v) is 5.72.